The van der Waals surface area contributed by atoms with Gasteiger partial charge in [0.15, 0.2) is 12.5 Å². The van der Waals surface area contributed by atoms with Gasteiger partial charge in [-0.05, 0) is 55.8 Å². The lowest BCUT2D eigenvalue weighted by molar-refractivity contribution is -0.990. The third kappa shape index (κ3) is 13.7. The van der Waals surface area contributed by atoms with Crippen LogP contribution in [-0.4, -0.2) is 78.1 Å². The highest BCUT2D eigenvalue weighted by molar-refractivity contribution is 9.09. The molecule has 8 heteroatoms. The molecule has 294 valence electrons. The minimum Gasteiger partial charge on any atom is -0.391 e. The first-order valence-electron chi connectivity index (χ1n) is 20.1. The van der Waals surface area contributed by atoms with Crippen LogP contribution in [0.1, 0.15) is 86.5 Å². The smallest absolute Gasteiger partial charge is 0.195 e. The lowest BCUT2D eigenvalue weighted by Gasteiger charge is -2.46. The Morgan fingerprint density at radius 1 is 0.407 bits per heavy atom. The third-order valence-electron chi connectivity index (χ3n) is 11.1. The fourth-order valence-electron chi connectivity index (χ4n) is 7.95. The highest BCUT2D eigenvalue weighted by Gasteiger charge is 2.43. The van der Waals surface area contributed by atoms with Gasteiger partial charge in [0, 0.05) is 24.0 Å². The second kappa shape index (κ2) is 24.3. The molecule has 0 heterocycles. The maximum atomic E-state index is 11.8. The number of hydrogen-bond donors (Lipinski definition) is 4. The summed E-state index contributed by atoms with van der Waals surface area (Å²) in [6.07, 6.45) is 10.8. The zero-order valence-electron chi connectivity index (χ0n) is 32.0. The third-order valence-corrected chi connectivity index (χ3v) is 13.7. The van der Waals surface area contributed by atoms with Crippen molar-refractivity contribution in [1.29, 1.82) is 0 Å². The Labute approximate surface area is 341 Å². The van der Waals surface area contributed by atoms with Gasteiger partial charge in [0.1, 0.15) is 36.1 Å². The van der Waals surface area contributed by atoms with Gasteiger partial charge in [0.2, 0.25) is 0 Å². The van der Waals surface area contributed by atoms with E-state index in [1.807, 2.05) is 72.8 Å². The molecule has 0 aromatic heterocycles. The molecule has 0 aliphatic heterocycles. The Hall–Kier alpha value is -2.40. The lowest BCUT2D eigenvalue weighted by Crippen LogP contribution is -2.61. The van der Waals surface area contributed by atoms with E-state index in [-0.39, 0.29) is 23.1 Å². The quantitative estimate of drug-likeness (QED) is 0.0158. The van der Waals surface area contributed by atoms with Crippen LogP contribution < -0.4 is 0 Å². The van der Waals surface area contributed by atoms with Crippen molar-refractivity contribution in [2.45, 2.75) is 112 Å². The van der Waals surface area contributed by atoms with Crippen LogP contribution in [0.4, 0.5) is 0 Å². The number of aliphatic hydroxyl groups excluding tert-OH is 4. The van der Waals surface area contributed by atoms with Crippen molar-refractivity contribution < 1.29 is 29.4 Å². The largest absolute Gasteiger partial charge is 0.391 e. The van der Waals surface area contributed by atoms with Gasteiger partial charge in [-0.25, -0.2) is 0 Å². The summed E-state index contributed by atoms with van der Waals surface area (Å²) in [5.41, 5.74) is 4.51. The number of rotatable bonds is 27. The van der Waals surface area contributed by atoms with E-state index in [9.17, 15) is 20.4 Å². The molecule has 6 nitrogen and oxygen atoms in total. The van der Waals surface area contributed by atoms with Gasteiger partial charge >= 0.3 is 0 Å². The predicted molar refractivity (Wildman–Crippen MR) is 229 cm³/mol. The maximum Gasteiger partial charge on any atom is 0.195 e. The summed E-state index contributed by atoms with van der Waals surface area (Å²) in [6.45, 7) is 2.29. The van der Waals surface area contributed by atoms with Crippen molar-refractivity contribution in [3.63, 3.8) is 0 Å². The van der Waals surface area contributed by atoms with E-state index in [0.717, 1.165) is 60.8 Å². The van der Waals surface area contributed by atoms with Gasteiger partial charge in [0.25, 0.3) is 0 Å². The Kier molecular flexibility index (Phi) is 19.9. The predicted octanol–water partition coefficient (Wildman–Crippen LogP) is 9.47. The molecule has 4 aromatic carbocycles. The minimum absolute atomic E-state index is 0.0132. The van der Waals surface area contributed by atoms with Crippen LogP contribution in [0, 0.1) is 0 Å². The Balaban J connectivity index is 1.24. The van der Waals surface area contributed by atoms with Crippen LogP contribution >= 0.6 is 31.9 Å². The van der Waals surface area contributed by atoms with Crippen LogP contribution in [-0.2, 0) is 25.9 Å². The van der Waals surface area contributed by atoms with E-state index in [0.29, 0.717) is 48.0 Å². The van der Waals surface area contributed by atoms with Crippen molar-refractivity contribution >= 4 is 31.9 Å². The van der Waals surface area contributed by atoms with E-state index in [1.54, 1.807) is 0 Å². The van der Waals surface area contributed by atoms with E-state index >= 15 is 0 Å². The molecule has 4 rings (SSSR count). The summed E-state index contributed by atoms with van der Waals surface area (Å²) in [6, 6.07) is 41.0. The molecular weight excluding hydrogens is 804 g/mol. The molecule has 4 N–H and O–H groups in total. The van der Waals surface area contributed by atoms with Gasteiger partial charge in [-0.1, -0.05) is 160 Å². The standard InChI is InChI=1S/C46H64Br2N2O4/c47-43(49(31-33-51,37-41-25-15-9-16-26-41)45(53)35-39-21-11-7-12-22-39)29-19-5-3-1-2-4-6-20-30-44(48)50(32-34-52,38-42-27-17-10-18-28-42)46(54)36-40-23-13-8-14-24-40/h7-18,21-28,43-46,51-54H,1-6,19-20,29-38H2/q+2. The SMILES string of the molecule is OCC[N+](Cc1ccccc1)(C(O)Cc1ccccc1)C(Br)CCCCCCCCCCC(Br)[N+](CCO)(Cc1ccccc1)C(O)Cc1ccccc1. The van der Waals surface area contributed by atoms with Crippen molar-refractivity contribution in [1.82, 2.24) is 0 Å². The molecule has 0 aliphatic rings. The van der Waals surface area contributed by atoms with Crippen molar-refractivity contribution in [2.24, 2.45) is 0 Å². The number of alkyl halides is 2. The maximum absolute atomic E-state index is 11.8. The second-order valence-electron chi connectivity index (χ2n) is 15.0. The van der Waals surface area contributed by atoms with Crippen LogP contribution in [0.5, 0.6) is 0 Å². The summed E-state index contributed by atoms with van der Waals surface area (Å²) in [4.78, 5) is 0.0374. The second-order valence-corrected chi connectivity index (χ2v) is 17.1. The first-order valence-corrected chi connectivity index (χ1v) is 21.9. The zero-order valence-corrected chi connectivity index (χ0v) is 35.2. The number of aliphatic hydroxyl groups is 4. The van der Waals surface area contributed by atoms with E-state index in [2.05, 4.69) is 80.4 Å². The molecule has 54 heavy (non-hydrogen) atoms. The number of nitrogens with zero attached hydrogens (tertiary/aromatic N) is 2. The number of unbranched alkanes of at least 4 members (excludes halogenated alkanes) is 7. The Bertz CT molecular complexity index is 1420. The van der Waals surface area contributed by atoms with Gasteiger partial charge < -0.3 is 20.4 Å². The summed E-state index contributed by atoms with van der Waals surface area (Å²) in [7, 11) is 0. The molecule has 0 aliphatic carbocycles. The topological polar surface area (TPSA) is 80.9 Å². The van der Waals surface area contributed by atoms with Crippen molar-refractivity contribution in [3.8, 4) is 0 Å². The molecule has 4 aromatic rings. The van der Waals surface area contributed by atoms with Crippen LogP contribution in [0.15, 0.2) is 121 Å². The Morgan fingerprint density at radius 2 is 0.685 bits per heavy atom. The van der Waals surface area contributed by atoms with Gasteiger partial charge in [-0.3, -0.25) is 8.97 Å². The van der Waals surface area contributed by atoms with Gasteiger partial charge in [-0.2, -0.15) is 0 Å². The fourth-order valence-corrected chi connectivity index (χ4v) is 9.84. The molecule has 0 fully saturated rings. The summed E-state index contributed by atoms with van der Waals surface area (Å²) >= 11 is 8.06. The normalized spacial score (nSPS) is 16.2. The summed E-state index contributed by atoms with van der Waals surface area (Å²) < 4.78 is 0.772. The molecule has 0 amide bonds. The highest BCUT2D eigenvalue weighted by Crippen LogP contribution is 2.34. The first kappa shape index (κ1) is 44.3. The monoisotopic (exact) mass is 866 g/mol. The highest BCUT2D eigenvalue weighted by atomic mass is 79.9. The molecule has 0 saturated carbocycles. The molecule has 6 unspecified atom stereocenters. The molecule has 0 bridgehead atoms. The van der Waals surface area contributed by atoms with Gasteiger partial charge in [0.05, 0.1) is 26.1 Å². The number of quaternary nitrogens is 2. The lowest BCUT2D eigenvalue weighted by atomic mass is 10.0. The van der Waals surface area contributed by atoms with E-state index < -0.39 is 12.5 Å². The molecular formula is C46H64Br2N2O4+2. The summed E-state index contributed by atoms with van der Waals surface area (Å²) in [5.74, 6) is 0. The molecule has 0 spiro atoms. The summed E-state index contributed by atoms with van der Waals surface area (Å²) in [5, 5.41) is 44.0. The molecule has 6 atom stereocenters. The zero-order chi connectivity index (χ0) is 38.5. The van der Waals surface area contributed by atoms with Crippen LogP contribution in [0.2, 0.25) is 0 Å². The van der Waals surface area contributed by atoms with Crippen LogP contribution in [0.25, 0.3) is 0 Å². The molecule has 0 saturated heterocycles. The van der Waals surface area contributed by atoms with E-state index in [4.69, 9.17) is 0 Å². The van der Waals surface area contributed by atoms with Gasteiger partial charge in [-0.15, -0.1) is 0 Å². The first-order chi connectivity index (χ1) is 26.3. The number of hydrogen-bond acceptors (Lipinski definition) is 4. The van der Waals surface area contributed by atoms with Crippen LogP contribution in [0.3, 0.4) is 0 Å². The average molecular weight is 869 g/mol. The number of benzene rings is 4. The van der Waals surface area contributed by atoms with Crippen molar-refractivity contribution in [2.75, 3.05) is 26.3 Å². The average Bonchev–Trinajstić information content (AvgIpc) is 3.19. The fraction of sp³-hybridized carbons (Fsp3) is 0.478. The number of halogens is 2. The Morgan fingerprint density at radius 3 is 0.981 bits per heavy atom. The van der Waals surface area contributed by atoms with Crippen molar-refractivity contribution in [3.05, 3.63) is 144 Å². The minimum atomic E-state index is -0.652. The van der Waals surface area contributed by atoms with E-state index in [1.165, 1.54) is 25.7 Å². The molecule has 0 radical (unpaired) electrons.